The van der Waals surface area contributed by atoms with Crippen molar-refractivity contribution in [2.75, 3.05) is 0 Å². The SMILES string of the molecule is CC(C)Oc1cc2c(cc1OC(C)C)[Si]1([Si]34c5cc(OC(C)C)c(OC(C)C)cc5[Si]([Si](C)(C)C)(c5cc(OC(C)C)c(OC(C)C)cc53)c3cc(OC(C)C)c(OC(C)C)cc34)c3cc(OC(C)C)c(OC(C)C)cc3[Si]2([Si](C)(C)C)c2cc(OC(C)C)c(OC(C)C)cc21. The first-order chi connectivity index (χ1) is 44.7. The van der Waals surface area contributed by atoms with E-state index in [0.717, 1.165) is 69.0 Å². The largest absolute Gasteiger partial charge is 0.487 e. The van der Waals surface area contributed by atoms with Crippen LogP contribution >= 0.6 is 0 Å². The standard InChI is InChI=1S/C78H114O12Si6/c1-43(2)79-55-31-67-73(37-61(55)85-49(13)14)95(74-38-62(86-50(15)16)56(80-44(3)4)32-68(74)93(67,91(25,26)27)69-33-57(81-45(5)6)63(39-75(69)95)87-51(17)18)96-76-40-64(88-52(19)20)58(82-46(7)8)34-70(76)94(92(28,29)30,71-35-59(83-47(9)10)65(41-77(71)96)89-53(21)22)72-36-60(84-48(11)12)66(42-78(72)96)90-54(23)24/h31-54H,1-30H3. The summed E-state index contributed by atoms with van der Waals surface area (Å²) in [4.78, 5) is 0. The second-order valence-electron chi connectivity index (χ2n) is 32.6. The summed E-state index contributed by atoms with van der Waals surface area (Å²) < 4.78 is 87.7. The van der Waals surface area contributed by atoms with Crippen molar-refractivity contribution >= 4 is 108 Å². The third-order valence-electron chi connectivity index (χ3n) is 18.5. The fourth-order valence-electron chi connectivity index (χ4n) is 16.6. The van der Waals surface area contributed by atoms with Crippen LogP contribution in [0.4, 0.5) is 0 Å². The number of hydrogen-bond acceptors (Lipinski definition) is 12. The molecule has 96 heavy (non-hydrogen) atoms. The van der Waals surface area contributed by atoms with Crippen LogP contribution in [0.2, 0.25) is 39.3 Å². The molecule has 6 aliphatic rings. The Labute approximate surface area is 581 Å². The van der Waals surface area contributed by atoms with E-state index in [0.29, 0.717) is 0 Å². The van der Waals surface area contributed by atoms with E-state index >= 15 is 0 Å². The van der Waals surface area contributed by atoms with Crippen LogP contribution in [0.25, 0.3) is 0 Å². The van der Waals surface area contributed by atoms with Crippen LogP contribution in [0, 0.1) is 0 Å². The number of benzene rings is 6. The molecule has 0 aliphatic carbocycles. The van der Waals surface area contributed by atoms with Crippen LogP contribution in [-0.2, 0) is 0 Å². The summed E-state index contributed by atoms with van der Waals surface area (Å²) in [5.41, 5.74) is 0. The van der Waals surface area contributed by atoms with Gasteiger partial charge in [0, 0.05) is 0 Å². The molecule has 0 saturated carbocycles. The zero-order valence-electron chi connectivity index (χ0n) is 63.8. The van der Waals surface area contributed by atoms with Crippen molar-refractivity contribution < 1.29 is 56.8 Å². The average Bonchev–Trinajstić information content (AvgIpc) is 0.613. The Bertz CT molecular complexity index is 3290. The maximum absolute atomic E-state index is 7.37. The first-order valence-electron chi connectivity index (χ1n) is 35.8. The summed E-state index contributed by atoms with van der Waals surface area (Å²) in [5, 5.41) is 16.0. The van der Waals surface area contributed by atoms with Gasteiger partial charge in [0.05, 0.1) is 88.4 Å². The highest BCUT2D eigenvalue weighted by molar-refractivity contribution is 7.77. The van der Waals surface area contributed by atoms with Crippen molar-refractivity contribution in [3.8, 4) is 69.0 Å². The normalized spacial score (nSPS) is 19.8. The lowest BCUT2D eigenvalue weighted by Gasteiger charge is -2.68. The van der Waals surface area contributed by atoms with Crippen molar-refractivity contribution in [2.45, 2.75) is 279 Å². The molecule has 0 N–H and O–H groups in total. The van der Waals surface area contributed by atoms with Gasteiger partial charge in [0.15, 0.2) is 84.2 Å². The lowest BCUT2D eigenvalue weighted by Crippen LogP contribution is -3.13. The smallest absolute Gasteiger partial charge is 0.161 e. The van der Waals surface area contributed by atoms with Crippen molar-refractivity contribution in [2.24, 2.45) is 0 Å². The number of rotatable bonds is 27. The van der Waals surface area contributed by atoms with Crippen molar-refractivity contribution in [1.82, 2.24) is 0 Å². The molecular weight excluding hydrogens is 1300 g/mol. The molecule has 0 atom stereocenters. The Morgan fingerprint density at radius 2 is 0.271 bits per heavy atom. The monoisotopic (exact) mass is 1410 g/mol. The molecule has 18 heteroatoms. The van der Waals surface area contributed by atoms with E-state index in [1.54, 1.807) is 0 Å². The first kappa shape index (κ1) is 73.0. The molecular formula is C78H114O12Si6. The molecule has 6 heterocycles. The highest BCUT2D eigenvalue weighted by atomic mass is 29.3. The second-order valence-corrected chi connectivity index (χ2v) is 72.0. The molecule has 0 spiro atoms. The van der Waals surface area contributed by atoms with Gasteiger partial charge in [-0.1, -0.05) is 39.3 Å². The van der Waals surface area contributed by atoms with Gasteiger partial charge in [-0.3, -0.25) is 0 Å². The van der Waals surface area contributed by atoms with Crippen molar-refractivity contribution in [3.05, 3.63) is 72.8 Å². The first-order valence-corrected chi connectivity index (χ1v) is 53.8. The van der Waals surface area contributed by atoms with Gasteiger partial charge in [0.25, 0.3) is 0 Å². The van der Waals surface area contributed by atoms with Crippen molar-refractivity contribution in [3.63, 3.8) is 0 Å². The molecule has 522 valence electrons. The predicted octanol–water partition coefficient (Wildman–Crippen LogP) is 10.9. The predicted molar refractivity (Wildman–Crippen MR) is 413 cm³/mol. The molecule has 0 fully saturated rings. The molecule has 12 nitrogen and oxygen atoms in total. The van der Waals surface area contributed by atoms with E-state index in [1.165, 1.54) is 62.2 Å². The highest BCUT2D eigenvalue weighted by Gasteiger charge is 2.79. The van der Waals surface area contributed by atoms with Gasteiger partial charge in [-0.2, -0.15) is 0 Å². The summed E-state index contributed by atoms with van der Waals surface area (Å²) >= 11 is 0. The zero-order valence-corrected chi connectivity index (χ0v) is 69.8. The molecule has 0 radical (unpaired) electrons. The van der Waals surface area contributed by atoms with Gasteiger partial charge >= 0.3 is 0 Å². The molecule has 0 amide bonds. The van der Waals surface area contributed by atoms with Gasteiger partial charge in [-0.15, -0.1) is 0 Å². The fourth-order valence-corrected chi connectivity index (χ4v) is 77.8. The minimum absolute atomic E-state index is 0.169. The van der Waals surface area contributed by atoms with E-state index in [9.17, 15) is 0 Å². The minimum Gasteiger partial charge on any atom is -0.487 e. The molecule has 6 aliphatic heterocycles. The molecule has 0 unspecified atom stereocenters. The van der Waals surface area contributed by atoms with E-state index in [-0.39, 0.29) is 73.2 Å². The van der Waals surface area contributed by atoms with Crippen LogP contribution in [0.1, 0.15) is 166 Å². The molecule has 0 saturated heterocycles. The Morgan fingerprint density at radius 3 is 0.354 bits per heavy atom. The summed E-state index contributed by atoms with van der Waals surface area (Å²) in [5.74, 6) is 8.78. The van der Waals surface area contributed by atoms with Crippen LogP contribution in [0.3, 0.4) is 0 Å². The van der Waals surface area contributed by atoms with Gasteiger partial charge in [-0.05, 0) is 301 Å². The number of hydrogen-bond donors (Lipinski definition) is 0. The molecule has 0 aromatic heterocycles. The average molecular weight is 1410 g/mol. The quantitative estimate of drug-likeness (QED) is 0.0458. The lowest BCUT2D eigenvalue weighted by atomic mass is 10.2. The summed E-state index contributed by atoms with van der Waals surface area (Å²) in [7, 11) is -20.8. The second kappa shape index (κ2) is 26.4. The minimum atomic E-state index is -4.27. The van der Waals surface area contributed by atoms with Crippen LogP contribution in [-0.4, -0.2) is 119 Å². The molecule has 6 aromatic rings. The van der Waals surface area contributed by atoms with Gasteiger partial charge < -0.3 is 56.8 Å². The van der Waals surface area contributed by atoms with E-state index < -0.39 is 45.5 Å². The summed E-state index contributed by atoms with van der Waals surface area (Å²) in [6, 6.07) is 30.0. The summed E-state index contributed by atoms with van der Waals surface area (Å²) in [6.45, 7) is 66.7. The Kier molecular flexibility index (Phi) is 20.1. The third-order valence-corrected chi connectivity index (χ3v) is 66.9. The maximum atomic E-state index is 7.37. The molecule has 4 bridgehead atoms. The lowest BCUT2D eigenvalue weighted by molar-refractivity contribution is 0.199. The third kappa shape index (κ3) is 11.9. The van der Waals surface area contributed by atoms with Crippen LogP contribution in [0.15, 0.2) is 72.8 Å². The van der Waals surface area contributed by atoms with E-state index in [2.05, 4.69) is 278 Å². The van der Waals surface area contributed by atoms with Crippen LogP contribution < -0.4 is 119 Å². The van der Waals surface area contributed by atoms with Gasteiger partial charge in [-0.25, -0.2) is 0 Å². The van der Waals surface area contributed by atoms with E-state index in [4.69, 9.17) is 56.8 Å². The molecule has 6 aromatic carbocycles. The Morgan fingerprint density at radius 1 is 0.177 bits per heavy atom. The van der Waals surface area contributed by atoms with Crippen LogP contribution in [0.5, 0.6) is 69.0 Å². The number of ether oxygens (including phenoxy) is 12. The topological polar surface area (TPSA) is 111 Å². The van der Waals surface area contributed by atoms with E-state index in [1.807, 2.05) is 0 Å². The fraction of sp³-hybridized carbons (Fsp3) is 0.538. The summed E-state index contributed by atoms with van der Waals surface area (Å²) in [6.07, 6.45) is -2.22. The zero-order chi connectivity index (χ0) is 70.8. The Balaban J connectivity index is 1.70. The molecule has 12 rings (SSSR count). The highest BCUT2D eigenvalue weighted by Crippen LogP contribution is 2.47. The van der Waals surface area contributed by atoms with Gasteiger partial charge in [0.2, 0.25) is 0 Å². The van der Waals surface area contributed by atoms with Gasteiger partial charge in [0.1, 0.15) is 15.2 Å². The Hall–Kier alpha value is -5.78. The van der Waals surface area contributed by atoms with Crippen molar-refractivity contribution in [1.29, 1.82) is 0 Å². The maximum Gasteiger partial charge on any atom is 0.161 e.